The van der Waals surface area contributed by atoms with E-state index in [1.165, 1.54) is 29.7 Å². The number of amides is 2. The second-order valence-electron chi connectivity index (χ2n) is 6.37. The molecule has 2 amide bonds. The van der Waals surface area contributed by atoms with Crippen LogP contribution in [0.2, 0.25) is 0 Å². The number of benzene rings is 2. The number of aliphatic hydroxyl groups excluding tert-OH is 1. The number of aliphatic hydroxyl groups is 1. The quantitative estimate of drug-likeness (QED) is 0.484. The molecule has 0 heterocycles. The van der Waals surface area contributed by atoms with Gasteiger partial charge in [0.25, 0.3) is 5.91 Å². The summed E-state index contributed by atoms with van der Waals surface area (Å²) >= 11 is 0. The van der Waals surface area contributed by atoms with Crippen molar-refractivity contribution in [1.82, 2.24) is 5.32 Å². The summed E-state index contributed by atoms with van der Waals surface area (Å²) in [4.78, 5) is 28.1. The highest BCUT2D eigenvalue weighted by Gasteiger charge is 2.16. The standard InChI is InChI=1S/C21H22N2O4/c1-3-27-21(26)23-20(25)17(13(2)24)12-22-18-11-10-15-7-4-6-14-8-5-9-16(18)19(14)15/h5,8-12,24H,3-4,6-7H2,1-2H3,(H,23,25,26)/b17-13+,22-12?. The number of carbonyl (C=O) groups excluding carboxylic acids is 2. The molecule has 2 aromatic carbocycles. The van der Waals surface area contributed by atoms with E-state index >= 15 is 0 Å². The third-order valence-corrected chi connectivity index (χ3v) is 4.54. The summed E-state index contributed by atoms with van der Waals surface area (Å²) in [7, 11) is 0. The molecule has 0 spiro atoms. The average Bonchev–Trinajstić information content (AvgIpc) is 2.64. The average molecular weight is 366 g/mol. The van der Waals surface area contributed by atoms with E-state index in [1.807, 2.05) is 18.2 Å². The van der Waals surface area contributed by atoms with Crippen LogP contribution >= 0.6 is 0 Å². The summed E-state index contributed by atoms with van der Waals surface area (Å²) in [5.74, 6) is -0.997. The van der Waals surface area contributed by atoms with Crippen LogP contribution in [-0.2, 0) is 22.4 Å². The lowest BCUT2D eigenvalue weighted by Gasteiger charge is -2.18. The number of aliphatic imine (C=N–C) groups is 1. The summed E-state index contributed by atoms with van der Waals surface area (Å²) in [6, 6.07) is 10.1. The number of nitrogens with one attached hydrogen (secondary N) is 1. The van der Waals surface area contributed by atoms with Crippen LogP contribution < -0.4 is 5.32 Å². The van der Waals surface area contributed by atoms with E-state index in [1.54, 1.807) is 6.92 Å². The minimum Gasteiger partial charge on any atom is -0.512 e. The van der Waals surface area contributed by atoms with Crippen LogP contribution in [0.3, 0.4) is 0 Å². The molecule has 2 aromatic rings. The summed E-state index contributed by atoms with van der Waals surface area (Å²) in [6.45, 7) is 3.15. The number of hydrogen-bond acceptors (Lipinski definition) is 5. The maximum absolute atomic E-state index is 12.2. The fraction of sp³-hybridized carbons (Fsp3) is 0.286. The van der Waals surface area contributed by atoms with E-state index in [4.69, 9.17) is 0 Å². The fourth-order valence-electron chi connectivity index (χ4n) is 3.32. The SMILES string of the molecule is CCOC(=O)NC(=O)/C(C=Nc1ccc2c3c(cccc13)CCC2)=C(\C)O. The van der Waals surface area contributed by atoms with Gasteiger partial charge >= 0.3 is 6.09 Å². The van der Waals surface area contributed by atoms with E-state index in [-0.39, 0.29) is 17.9 Å². The van der Waals surface area contributed by atoms with Gasteiger partial charge < -0.3 is 9.84 Å². The van der Waals surface area contributed by atoms with E-state index in [2.05, 4.69) is 27.2 Å². The molecule has 0 aromatic heterocycles. The number of rotatable bonds is 4. The Kier molecular flexibility index (Phi) is 5.54. The number of ether oxygens (including phenoxy) is 1. The molecule has 2 N–H and O–H groups in total. The van der Waals surface area contributed by atoms with Crippen molar-refractivity contribution in [2.24, 2.45) is 4.99 Å². The largest absolute Gasteiger partial charge is 0.512 e. The molecule has 0 aliphatic heterocycles. The lowest BCUT2D eigenvalue weighted by molar-refractivity contribution is -0.116. The molecule has 27 heavy (non-hydrogen) atoms. The van der Waals surface area contributed by atoms with Gasteiger partial charge in [-0.2, -0.15) is 0 Å². The minimum atomic E-state index is -0.865. The second-order valence-corrected chi connectivity index (χ2v) is 6.37. The van der Waals surface area contributed by atoms with Gasteiger partial charge in [0.1, 0.15) is 5.76 Å². The molecule has 1 aliphatic rings. The summed E-state index contributed by atoms with van der Waals surface area (Å²) in [5, 5.41) is 14.1. The Bertz CT molecular complexity index is 946. The highest BCUT2D eigenvalue weighted by Crippen LogP contribution is 2.35. The van der Waals surface area contributed by atoms with Crippen molar-refractivity contribution in [3.8, 4) is 0 Å². The first-order valence-electron chi connectivity index (χ1n) is 8.96. The number of carbonyl (C=O) groups is 2. The van der Waals surface area contributed by atoms with Gasteiger partial charge in [0, 0.05) is 11.6 Å². The molecule has 3 rings (SSSR count). The Morgan fingerprint density at radius 3 is 2.67 bits per heavy atom. The Morgan fingerprint density at radius 1 is 1.22 bits per heavy atom. The third-order valence-electron chi connectivity index (χ3n) is 4.54. The Morgan fingerprint density at radius 2 is 1.96 bits per heavy atom. The van der Waals surface area contributed by atoms with Gasteiger partial charge in [0.15, 0.2) is 0 Å². The van der Waals surface area contributed by atoms with Crippen LogP contribution in [0, 0.1) is 0 Å². The van der Waals surface area contributed by atoms with Crippen molar-refractivity contribution >= 4 is 34.7 Å². The molecule has 1 aliphatic carbocycles. The van der Waals surface area contributed by atoms with Crippen LogP contribution in [0.5, 0.6) is 0 Å². The number of imide groups is 1. The van der Waals surface area contributed by atoms with Crippen LogP contribution in [0.25, 0.3) is 10.8 Å². The molecule has 6 nitrogen and oxygen atoms in total. The van der Waals surface area contributed by atoms with E-state index < -0.39 is 12.0 Å². The zero-order valence-corrected chi connectivity index (χ0v) is 15.4. The molecular weight excluding hydrogens is 344 g/mol. The van der Waals surface area contributed by atoms with E-state index in [0.717, 1.165) is 24.6 Å². The number of allylic oxidation sites excluding steroid dienone is 1. The predicted molar refractivity (Wildman–Crippen MR) is 105 cm³/mol. The van der Waals surface area contributed by atoms with Gasteiger partial charge in [-0.05, 0) is 55.7 Å². The summed E-state index contributed by atoms with van der Waals surface area (Å²) in [6.07, 6.45) is 3.63. The van der Waals surface area contributed by atoms with Crippen LogP contribution in [-0.4, -0.2) is 29.9 Å². The first-order valence-corrected chi connectivity index (χ1v) is 8.96. The van der Waals surface area contributed by atoms with Crippen LogP contribution in [0.4, 0.5) is 10.5 Å². The first kappa shape index (κ1) is 18.6. The number of aryl methyl sites for hydroxylation is 2. The second kappa shape index (κ2) is 8.03. The van der Waals surface area contributed by atoms with Crippen molar-refractivity contribution in [3.63, 3.8) is 0 Å². The zero-order chi connectivity index (χ0) is 19.4. The minimum absolute atomic E-state index is 0.0940. The molecule has 140 valence electrons. The van der Waals surface area contributed by atoms with Gasteiger partial charge in [-0.15, -0.1) is 0 Å². The van der Waals surface area contributed by atoms with Crippen molar-refractivity contribution in [3.05, 3.63) is 52.8 Å². The Hall–Kier alpha value is -3.15. The smallest absolute Gasteiger partial charge is 0.414 e. The molecule has 0 bridgehead atoms. The molecule has 6 heteroatoms. The van der Waals surface area contributed by atoms with E-state index in [0.29, 0.717) is 5.69 Å². The highest BCUT2D eigenvalue weighted by molar-refractivity contribution is 6.17. The normalized spacial score (nSPS) is 14.1. The van der Waals surface area contributed by atoms with Crippen molar-refractivity contribution in [2.75, 3.05) is 6.61 Å². The van der Waals surface area contributed by atoms with E-state index in [9.17, 15) is 14.7 Å². The maximum Gasteiger partial charge on any atom is 0.414 e. The zero-order valence-electron chi connectivity index (χ0n) is 15.4. The fourth-order valence-corrected chi connectivity index (χ4v) is 3.32. The van der Waals surface area contributed by atoms with Gasteiger partial charge in [-0.25, -0.2) is 4.79 Å². The van der Waals surface area contributed by atoms with Gasteiger partial charge in [0.2, 0.25) is 0 Å². The summed E-state index contributed by atoms with van der Waals surface area (Å²) in [5.41, 5.74) is 3.23. The molecular formula is C21H22N2O4. The monoisotopic (exact) mass is 366 g/mol. The van der Waals surface area contributed by atoms with Crippen molar-refractivity contribution in [1.29, 1.82) is 0 Å². The lowest BCUT2D eigenvalue weighted by Crippen LogP contribution is -2.33. The number of hydrogen-bond donors (Lipinski definition) is 2. The molecule has 0 radical (unpaired) electrons. The van der Waals surface area contributed by atoms with Crippen LogP contribution in [0.1, 0.15) is 31.4 Å². The molecule has 0 unspecified atom stereocenters. The third kappa shape index (κ3) is 4.00. The lowest BCUT2D eigenvalue weighted by atomic mass is 9.88. The highest BCUT2D eigenvalue weighted by atomic mass is 16.5. The molecule has 0 atom stereocenters. The van der Waals surface area contributed by atoms with Gasteiger partial charge in [0.05, 0.1) is 17.9 Å². The maximum atomic E-state index is 12.2. The van der Waals surface area contributed by atoms with Crippen molar-refractivity contribution in [2.45, 2.75) is 33.1 Å². The Labute approximate surface area is 157 Å². The van der Waals surface area contributed by atoms with Gasteiger partial charge in [-0.3, -0.25) is 15.1 Å². The number of nitrogens with zero attached hydrogens (tertiary/aromatic N) is 1. The summed E-state index contributed by atoms with van der Waals surface area (Å²) < 4.78 is 4.69. The van der Waals surface area contributed by atoms with Crippen LogP contribution in [0.15, 0.2) is 46.7 Å². The van der Waals surface area contributed by atoms with Gasteiger partial charge in [-0.1, -0.05) is 24.3 Å². The topological polar surface area (TPSA) is 88.0 Å². The molecule has 0 saturated carbocycles. The number of alkyl carbamates (subject to hydrolysis) is 1. The Balaban J connectivity index is 1.93. The molecule has 0 fully saturated rings. The predicted octanol–water partition coefficient (Wildman–Crippen LogP) is 4.14. The van der Waals surface area contributed by atoms with Crippen molar-refractivity contribution < 1.29 is 19.4 Å². The first-order chi connectivity index (χ1) is 13.0. The molecule has 0 saturated heterocycles.